The number of ether oxygens (including phenoxy) is 1. The summed E-state index contributed by atoms with van der Waals surface area (Å²) in [7, 11) is 0. The van der Waals surface area contributed by atoms with Crippen LogP contribution in [0.3, 0.4) is 0 Å². The van der Waals surface area contributed by atoms with E-state index in [0.717, 1.165) is 12.0 Å². The first-order valence-corrected chi connectivity index (χ1v) is 7.73. The van der Waals surface area contributed by atoms with Gasteiger partial charge in [-0.1, -0.05) is 26.0 Å². The van der Waals surface area contributed by atoms with Crippen LogP contribution in [-0.2, 0) is 6.42 Å². The maximum atomic E-state index is 12.1. The molecule has 6 heteroatoms. The van der Waals surface area contributed by atoms with Crippen LogP contribution in [0, 0.1) is 11.3 Å². The lowest BCUT2D eigenvalue weighted by Crippen LogP contribution is -2.30. The Hall–Kier alpha value is -0.610. The minimum absolute atomic E-state index is 0.225. The zero-order chi connectivity index (χ0) is 16.1. The van der Waals surface area contributed by atoms with Crippen molar-refractivity contribution < 1.29 is 17.9 Å². The van der Waals surface area contributed by atoms with Crippen LogP contribution in [0.1, 0.15) is 25.8 Å². The maximum absolute atomic E-state index is 12.1. The number of halogens is 5. The molecular weight excluding hydrogens is 324 g/mol. The summed E-state index contributed by atoms with van der Waals surface area (Å²) in [6.45, 7) is 4.18. The quantitative estimate of drug-likeness (QED) is 0.583. The smallest absolute Gasteiger partial charge is 0.406 e. The Kier molecular flexibility index (Phi) is 6.67. The molecule has 0 saturated carbocycles. The Morgan fingerprint density at radius 3 is 1.95 bits per heavy atom. The van der Waals surface area contributed by atoms with Crippen LogP contribution in [0.5, 0.6) is 5.75 Å². The number of hydrogen-bond donors (Lipinski definition) is 0. The second kappa shape index (κ2) is 7.59. The van der Waals surface area contributed by atoms with Crippen LogP contribution in [0.25, 0.3) is 0 Å². The number of hydrogen-bond acceptors (Lipinski definition) is 1. The van der Waals surface area contributed by atoms with E-state index >= 15 is 0 Å². The summed E-state index contributed by atoms with van der Waals surface area (Å²) in [5.41, 5.74) is 0.649. The van der Waals surface area contributed by atoms with Gasteiger partial charge in [-0.3, -0.25) is 0 Å². The fourth-order valence-corrected chi connectivity index (χ4v) is 3.11. The molecule has 1 aromatic carbocycles. The van der Waals surface area contributed by atoms with E-state index in [9.17, 15) is 13.2 Å². The first-order chi connectivity index (χ1) is 9.69. The minimum atomic E-state index is -4.67. The molecule has 0 heterocycles. The molecule has 120 valence electrons. The van der Waals surface area contributed by atoms with Crippen molar-refractivity contribution in [2.75, 3.05) is 11.8 Å². The van der Waals surface area contributed by atoms with E-state index in [-0.39, 0.29) is 11.2 Å². The summed E-state index contributed by atoms with van der Waals surface area (Å²) in [6, 6.07) is 5.86. The zero-order valence-corrected chi connectivity index (χ0v) is 13.5. The molecule has 21 heavy (non-hydrogen) atoms. The van der Waals surface area contributed by atoms with Crippen LogP contribution >= 0.6 is 23.2 Å². The number of benzene rings is 1. The van der Waals surface area contributed by atoms with Gasteiger partial charge in [0.2, 0.25) is 0 Å². The second-order valence-electron chi connectivity index (χ2n) is 5.73. The van der Waals surface area contributed by atoms with Gasteiger partial charge in [-0.05, 0) is 36.5 Å². The van der Waals surface area contributed by atoms with E-state index in [0.29, 0.717) is 24.1 Å². The second-order valence-corrected chi connectivity index (χ2v) is 6.27. The molecule has 1 rings (SSSR count). The van der Waals surface area contributed by atoms with E-state index in [2.05, 4.69) is 18.6 Å². The third-order valence-electron chi connectivity index (χ3n) is 3.14. The molecule has 0 spiro atoms. The van der Waals surface area contributed by atoms with Crippen molar-refractivity contribution in [2.45, 2.75) is 33.1 Å². The molecule has 0 radical (unpaired) electrons. The van der Waals surface area contributed by atoms with E-state index in [4.69, 9.17) is 23.2 Å². The highest BCUT2D eigenvalue weighted by atomic mass is 35.5. The Labute approximate surface area is 133 Å². The van der Waals surface area contributed by atoms with Gasteiger partial charge in [0.15, 0.2) is 0 Å². The molecule has 0 bridgehead atoms. The summed E-state index contributed by atoms with van der Waals surface area (Å²) in [4.78, 5) is 0. The molecule has 0 aromatic heterocycles. The Morgan fingerprint density at radius 1 is 1.05 bits per heavy atom. The fourth-order valence-electron chi connectivity index (χ4n) is 2.42. The van der Waals surface area contributed by atoms with E-state index in [1.54, 1.807) is 12.1 Å². The zero-order valence-electron chi connectivity index (χ0n) is 12.0. The van der Waals surface area contributed by atoms with Crippen molar-refractivity contribution in [3.8, 4) is 5.75 Å². The molecule has 0 unspecified atom stereocenters. The standard InChI is InChI=1S/C15H19Cl2F3O/c1-11(2)7-14(9-16,10-17)8-12-3-5-13(6-4-12)21-15(18,19)20/h3-6,11H,7-10H2,1-2H3. The van der Waals surface area contributed by atoms with Gasteiger partial charge in [-0.2, -0.15) is 0 Å². The summed E-state index contributed by atoms with van der Waals surface area (Å²) in [5.74, 6) is 1.04. The molecular formula is C15H19Cl2F3O. The van der Waals surface area contributed by atoms with Crippen molar-refractivity contribution in [2.24, 2.45) is 11.3 Å². The van der Waals surface area contributed by atoms with Gasteiger partial charge >= 0.3 is 6.36 Å². The lowest BCUT2D eigenvalue weighted by Gasteiger charge is -2.31. The van der Waals surface area contributed by atoms with Crippen molar-refractivity contribution in [1.29, 1.82) is 0 Å². The van der Waals surface area contributed by atoms with Crippen molar-refractivity contribution in [3.05, 3.63) is 29.8 Å². The lowest BCUT2D eigenvalue weighted by atomic mass is 9.78. The maximum Gasteiger partial charge on any atom is 0.573 e. The largest absolute Gasteiger partial charge is 0.573 e. The molecule has 0 amide bonds. The molecule has 0 aliphatic carbocycles. The van der Waals surface area contributed by atoms with E-state index < -0.39 is 6.36 Å². The highest BCUT2D eigenvalue weighted by Crippen LogP contribution is 2.34. The Morgan fingerprint density at radius 2 is 1.57 bits per heavy atom. The van der Waals surface area contributed by atoms with Gasteiger partial charge in [-0.25, -0.2) is 0 Å². The lowest BCUT2D eigenvalue weighted by molar-refractivity contribution is -0.274. The van der Waals surface area contributed by atoms with Crippen molar-refractivity contribution >= 4 is 23.2 Å². The van der Waals surface area contributed by atoms with Crippen LogP contribution in [-0.4, -0.2) is 18.1 Å². The van der Waals surface area contributed by atoms with Gasteiger partial charge in [-0.15, -0.1) is 36.4 Å². The van der Waals surface area contributed by atoms with Gasteiger partial charge in [0, 0.05) is 17.2 Å². The Bertz CT molecular complexity index is 426. The molecule has 1 nitrogen and oxygen atoms in total. The van der Waals surface area contributed by atoms with Crippen molar-refractivity contribution in [1.82, 2.24) is 0 Å². The topological polar surface area (TPSA) is 9.23 Å². The summed E-state index contributed by atoms with van der Waals surface area (Å²) in [6.07, 6.45) is -3.18. The molecule has 0 saturated heterocycles. The highest BCUT2D eigenvalue weighted by Gasteiger charge is 2.32. The summed E-state index contributed by atoms with van der Waals surface area (Å²) >= 11 is 12.2. The third-order valence-corrected chi connectivity index (χ3v) is 4.28. The monoisotopic (exact) mass is 342 g/mol. The molecule has 0 aliphatic rings. The van der Waals surface area contributed by atoms with E-state index in [1.807, 2.05) is 0 Å². The number of alkyl halides is 5. The predicted octanol–water partition coefficient (Wildman–Crippen LogP) is 5.64. The first kappa shape index (κ1) is 18.4. The van der Waals surface area contributed by atoms with Crippen LogP contribution < -0.4 is 4.74 Å². The molecule has 0 atom stereocenters. The Balaban J connectivity index is 2.81. The summed E-state index contributed by atoms with van der Waals surface area (Å²) in [5, 5.41) is 0. The van der Waals surface area contributed by atoms with Gasteiger partial charge in [0.1, 0.15) is 5.75 Å². The minimum Gasteiger partial charge on any atom is -0.406 e. The van der Waals surface area contributed by atoms with Crippen LogP contribution in [0.4, 0.5) is 13.2 Å². The van der Waals surface area contributed by atoms with Crippen molar-refractivity contribution in [3.63, 3.8) is 0 Å². The normalized spacial score (nSPS) is 12.8. The van der Waals surface area contributed by atoms with Gasteiger partial charge < -0.3 is 4.74 Å². The fraction of sp³-hybridized carbons (Fsp3) is 0.600. The van der Waals surface area contributed by atoms with E-state index in [1.165, 1.54) is 12.1 Å². The molecule has 1 aromatic rings. The van der Waals surface area contributed by atoms with Crippen LogP contribution in [0.15, 0.2) is 24.3 Å². The summed E-state index contributed by atoms with van der Waals surface area (Å²) < 4.78 is 40.2. The SMILES string of the molecule is CC(C)CC(CCl)(CCl)Cc1ccc(OC(F)(F)F)cc1. The first-order valence-electron chi connectivity index (χ1n) is 6.66. The third kappa shape index (κ3) is 6.35. The molecule has 0 N–H and O–H groups in total. The average molecular weight is 343 g/mol. The van der Waals surface area contributed by atoms with Crippen LogP contribution in [0.2, 0.25) is 0 Å². The highest BCUT2D eigenvalue weighted by molar-refractivity contribution is 6.21. The molecule has 0 fully saturated rings. The number of rotatable bonds is 7. The predicted molar refractivity (Wildman–Crippen MR) is 80.2 cm³/mol. The average Bonchev–Trinajstić information content (AvgIpc) is 2.38. The molecule has 0 aliphatic heterocycles. The van der Waals surface area contributed by atoms with Gasteiger partial charge in [0.25, 0.3) is 0 Å². The van der Waals surface area contributed by atoms with Gasteiger partial charge in [0.05, 0.1) is 0 Å².